The lowest BCUT2D eigenvalue weighted by Gasteiger charge is -2.18. The van der Waals surface area contributed by atoms with Crippen molar-refractivity contribution in [1.29, 1.82) is 0 Å². The van der Waals surface area contributed by atoms with Gasteiger partial charge in [-0.3, -0.25) is 0 Å². The van der Waals surface area contributed by atoms with Gasteiger partial charge in [-0.05, 0) is 23.4 Å². The number of hydrogen-bond acceptors (Lipinski definition) is 4. The normalized spacial score (nSPS) is 11.1. The largest absolute Gasteiger partial charge is 0.425 e. The molecule has 4 heteroatoms. The highest BCUT2D eigenvalue weighted by Gasteiger charge is 2.16. The van der Waals surface area contributed by atoms with E-state index in [4.69, 9.17) is 4.18 Å². The summed E-state index contributed by atoms with van der Waals surface area (Å²) in [6.45, 7) is 3.05. The molecule has 3 rings (SSSR count). The fourth-order valence-electron chi connectivity index (χ4n) is 3.06. The van der Waals surface area contributed by atoms with Crippen molar-refractivity contribution < 1.29 is 9.29 Å². The van der Waals surface area contributed by atoms with Crippen LogP contribution < -0.4 is 9.50 Å². The van der Waals surface area contributed by atoms with Gasteiger partial charge in [-0.15, -0.1) is 0 Å². The van der Waals surface area contributed by atoms with Crippen LogP contribution in [0.5, 0.6) is 5.75 Å². The zero-order valence-corrected chi connectivity index (χ0v) is 14.2. The van der Waals surface area contributed by atoms with Crippen molar-refractivity contribution in [3.05, 3.63) is 48.0 Å². The predicted octanol–water partition coefficient (Wildman–Crippen LogP) is 4.96. The first-order chi connectivity index (χ1) is 11.3. The minimum atomic E-state index is -0.0141. The fraction of sp³-hybridized carbons (Fsp3) is 0.263. The molecule has 0 aromatic heterocycles. The Kier molecular flexibility index (Phi) is 4.94. The van der Waals surface area contributed by atoms with Gasteiger partial charge in [-0.2, -0.15) is 0 Å². The lowest BCUT2D eigenvalue weighted by atomic mass is 9.94. The van der Waals surface area contributed by atoms with Crippen LogP contribution in [0.3, 0.4) is 0 Å². The Bertz CT molecular complexity index is 832. The number of anilines is 1. The summed E-state index contributed by atoms with van der Waals surface area (Å²) in [4.78, 5) is 0. The molecule has 3 aromatic rings. The summed E-state index contributed by atoms with van der Waals surface area (Å²) in [5.74, 6) is 0.796. The minimum Gasteiger partial charge on any atom is -0.425 e. The molecule has 0 heterocycles. The van der Waals surface area contributed by atoms with E-state index in [1.54, 1.807) is 0 Å². The van der Waals surface area contributed by atoms with E-state index in [2.05, 4.69) is 30.4 Å². The third kappa shape index (κ3) is 2.84. The van der Waals surface area contributed by atoms with Gasteiger partial charge in [0.2, 0.25) is 0 Å². The van der Waals surface area contributed by atoms with Crippen molar-refractivity contribution in [2.75, 3.05) is 18.1 Å². The molecule has 0 fully saturated rings. The quantitative estimate of drug-likeness (QED) is 0.496. The highest BCUT2D eigenvalue weighted by Crippen LogP contribution is 2.41. The average Bonchev–Trinajstić information content (AvgIpc) is 2.59. The second-order valence-electron chi connectivity index (χ2n) is 5.41. The van der Waals surface area contributed by atoms with E-state index in [1.807, 2.05) is 30.5 Å². The molecule has 3 aromatic carbocycles. The van der Waals surface area contributed by atoms with E-state index in [9.17, 15) is 5.11 Å². The summed E-state index contributed by atoms with van der Waals surface area (Å²) in [7, 11) is 0. The summed E-state index contributed by atoms with van der Waals surface area (Å²) < 4.78 is 5.75. The number of hydrogen-bond donors (Lipinski definition) is 2. The van der Waals surface area contributed by atoms with Crippen LogP contribution in [0.15, 0.2) is 42.5 Å². The van der Waals surface area contributed by atoms with Crippen molar-refractivity contribution in [3.8, 4) is 5.75 Å². The SMILES string of the molecule is CCCNc1c2ccccc2c(CO)c2c(OSC)cccc12. The maximum Gasteiger partial charge on any atom is 0.145 e. The standard InChI is InChI=1S/C19H21NO2S/c1-3-11-20-19-14-8-5-4-7-13(14)16(12-21)18-15(19)9-6-10-17(18)22-23-2/h4-10,20-21H,3,11-12H2,1-2H3. The minimum absolute atomic E-state index is 0.0141. The van der Waals surface area contributed by atoms with Gasteiger partial charge < -0.3 is 14.6 Å². The average molecular weight is 327 g/mol. The Morgan fingerprint density at radius 3 is 2.48 bits per heavy atom. The maximum absolute atomic E-state index is 10.0. The number of aliphatic hydroxyl groups excluding tert-OH is 1. The van der Waals surface area contributed by atoms with Gasteiger partial charge in [-0.25, -0.2) is 0 Å². The van der Waals surface area contributed by atoms with Gasteiger partial charge in [0.25, 0.3) is 0 Å². The molecule has 0 saturated carbocycles. The van der Waals surface area contributed by atoms with Crippen molar-refractivity contribution in [3.63, 3.8) is 0 Å². The van der Waals surface area contributed by atoms with Crippen LogP contribution in [0.1, 0.15) is 18.9 Å². The zero-order chi connectivity index (χ0) is 16.2. The number of rotatable bonds is 6. The topological polar surface area (TPSA) is 41.5 Å². The Hall–Kier alpha value is -1.91. The van der Waals surface area contributed by atoms with Gasteiger partial charge in [0, 0.05) is 29.0 Å². The molecule has 0 bridgehead atoms. The van der Waals surface area contributed by atoms with E-state index >= 15 is 0 Å². The highest BCUT2D eigenvalue weighted by molar-refractivity contribution is 7.94. The molecular weight excluding hydrogens is 306 g/mol. The molecule has 0 radical (unpaired) electrons. The second-order valence-corrected chi connectivity index (χ2v) is 5.91. The fourth-order valence-corrected chi connectivity index (χ4v) is 3.38. The van der Waals surface area contributed by atoms with Crippen LogP contribution in [0.25, 0.3) is 21.5 Å². The van der Waals surface area contributed by atoms with Crippen LogP contribution in [0.4, 0.5) is 5.69 Å². The van der Waals surface area contributed by atoms with E-state index in [0.717, 1.165) is 51.5 Å². The van der Waals surface area contributed by atoms with E-state index in [-0.39, 0.29) is 6.61 Å². The molecule has 3 nitrogen and oxygen atoms in total. The zero-order valence-electron chi connectivity index (χ0n) is 13.4. The van der Waals surface area contributed by atoms with Crippen LogP contribution in [-0.4, -0.2) is 17.9 Å². The van der Waals surface area contributed by atoms with Crippen LogP contribution in [0, 0.1) is 0 Å². The van der Waals surface area contributed by atoms with E-state index in [0.29, 0.717) is 0 Å². The summed E-state index contributed by atoms with van der Waals surface area (Å²) >= 11 is 1.32. The lowest BCUT2D eigenvalue weighted by molar-refractivity contribution is 0.284. The van der Waals surface area contributed by atoms with Crippen molar-refractivity contribution in [2.45, 2.75) is 20.0 Å². The Labute approximate surface area is 140 Å². The van der Waals surface area contributed by atoms with Crippen molar-refractivity contribution in [2.24, 2.45) is 0 Å². The number of benzene rings is 3. The molecule has 0 aliphatic carbocycles. The van der Waals surface area contributed by atoms with Gasteiger partial charge in [-0.1, -0.05) is 43.3 Å². The Morgan fingerprint density at radius 2 is 1.78 bits per heavy atom. The van der Waals surface area contributed by atoms with Gasteiger partial charge in [0.05, 0.1) is 24.3 Å². The maximum atomic E-state index is 10.0. The molecule has 0 saturated heterocycles. The van der Waals surface area contributed by atoms with Crippen LogP contribution in [0.2, 0.25) is 0 Å². The number of fused-ring (bicyclic) bond motifs is 2. The highest BCUT2D eigenvalue weighted by atomic mass is 32.2. The van der Waals surface area contributed by atoms with E-state index < -0.39 is 0 Å². The van der Waals surface area contributed by atoms with E-state index in [1.165, 1.54) is 12.0 Å². The smallest absolute Gasteiger partial charge is 0.145 e. The first-order valence-corrected chi connectivity index (χ1v) is 8.98. The molecule has 0 aliphatic rings. The third-order valence-corrected chi connectivity index (χ3v) is 4.35. The molecular formula is C19H21NO2S. The molecule has 120 valence electrons. The number of nitrogens with one attached hydrogen (secondary N) is 1. The molecule has 0 spiro atoms. The molecule has 0 amide bonds. The van der Waals surface area contributed by atoms with Crippen LogP contribution >= 0.6 is 12.0 Å². The molecule has 0 aliphatic heterocycles. The van der Waals surface area contributed by atoms with Gasteiger partial charge >= 0.3 is 0 Å². The summed E-state index contributed by atoms with van der Waals surface area (Å²) in [6, 6.07) is 14.3. The Morgan fingerprint density at radius 1 is 1.04 bits per heavy atom. The monoisotopic (exact) mass is 327 g/mol. The third-order valence-electron chi connectivity index (χ3n) is 4.00. The molecule has 0 atom stereocenters. The summed E-state index contributed by atoms with van der Waals surface area (Å²) in [5.41, 5.74) is 2.03. The Balaban J connectivity index is 2.43. The van der Waals surface area contributed by atoms with Gasteiger partial charge in [0.1, 0.15) is 5.75 Å². The van der Waals surface area contributed by atoms with Crippen molar-refractivity contribution in [1.82, 2.24) is 0 Å². The molecule has 0 unspecified atom stereocenters. The number of aliphatic hydroxyl groups is 1. The van der Waals surface area contributed by atoms with Crippen LogP contribution in [-0.2, 0) is 6.61 Å². The van der Waals surface area contributed by atoms with Crippen molar-refractivity contribution >= 4 is 39.3 Å². The first-order valence-electron chi connectivity index (χ1n) is 7.83. The second kappa shape index (κ2) is 7.11. The molecule has 23 heavy (non-hydrogen) atoms. The molecule has 2 N–H and O–H groups in total. The first kappa shape index (κ1) is 16.0. The summed E-state index contributed by atoms with van der Waals surface area (Å²) in [6.07, 6.45) is 2.95. The van der Waals surface area contributed by atoms with Gasteiger partial charge in [0.15, 0.2) is 0 Å². The predicted molar refractivity (Wildman–Crippen MR) is 100 cm³/mol. The summed E-state index contributed by atoms with van der Waals surface area (Å²) in [5, 5.41) is 17.9. The lowest BCUT2D eigenvalue weighted by Crippen LogP contribution is -2.03.